The van der Waals surface area contributed by atoms with E-state index in [0.29, 0.717) is 13.0 Å². The number of piperidine rings is 1. The predicted octanol–water partition coefficient (Wildman–Crippen LogP) is 2.63. The fourth-order valence-electron chi connectivity index (χ4n) is 5.02. The maximum absolute atomic E-state index is 13.3. The number of nitrogens with zero attached hydrogens (tertiary/aromatic N) is 3. The first kappa shape index (κ1) is 27.7. The van der Waals surface area contributed by atoms with Crippen LogP contribution < -0.4 is 5.32 Å². The molecule has 0 saturated carbocycles. The number of ether oxygens (including phenoxy) is 1. The van der Waals surface area contributed by atoms with Crippen molar-refractivity contribution in [1.29, 1.82) is 5.26 Å². The normalized spacial score (nSPS) is 19.9. The number of nitriles is 1. The first-order valence-electron chi connectivity index (χ1n) is 12.7. The Bertz CT molecular complexity index is 957. The van der Waals surface area contributed by atoms with Crippen LogP contribution in [0.25, 0.3) is 0 Å². The fourth-order valence-corrected chi connectivity index (χ4v) is 5.02. The SMILES string of the molecule is CC(C)(C=C(C#N)C(=O)N1CCC[C@@H]1COC(=O)N[C@H](CB(O)O)c1ccccc1)N1CCCCC1. The molecular weight excluding hydrogens is 459 g/mol. The van der Waals surface area contributed by atoms with E-state index in [2.05, 4.69) is 16.3 Å². The van der Waals surface area contributed by atoms with Crippen molar-refractivity contribution >= 4 is 19.1 Å². The lowest BCUT2D eigenvalue weighted by Crippen LogP contribution is -2.46. The highest BCUT2D eigenvalue weighted by Gasteiger charge is 2.34. The molecule has 10 heteroatoms. The van der Waals surface area contributed by atoms with Crippen LogP contribution in [0.2, 0.25) is 6.32 Å². The van der Waals surface area contributed by atoms with E-state index < -0.39 is 24.8 Å². The van der Waals surface area contributed by atoms with Crippen LogP contribution in [0, 0.1) is 11.3 Å². The molecule has 0 spiro atoms. The van der Waals surface area contributed by atoms with Crippen molar-refractivity contribution in [2.24, 2.45) is 0 Å². The summed E-state index contributed by atoms with van der Waals surface area (Å²) in [6.45, 7) is 6.45. The van der Waals surface area contributed by atoms with Gasteiger partial charge in [-0.3, -0.25) is 9.69 Å². The average molecular weight is 496 g/mol. The van der Waals surface area contributed by atoms with Crippen LogP contribution in [0.5, 0.6) is 0 Å². The molecule has 1 aromatic carbocycles. The number of hydrogen-bond donors (Lipinski definition) is 3. The lowest BCUT2D eigenvalue weighted by atomic mass is 9.79. The highest BCUT2D eigenvalue weighted by Crippen LogP contribution is 2.26. The van der Waals surface area contributed by atoms with Crippen LogP contribution in [-0.4, -0.2) is 76.8 Å². The van der Waals surface area contributed by atoms with Gasteiger partial charge in [-0.15, -0.1) is 0 Å². The summed E-state index contributed by atoms with van der Waals surface area (Å²) >= 11 is 0. The molecule has 2 aliphatic heterocycles. The van der Waals surface area contributed by atoms with Gasteiger partial charge in [0.1, 0.15) is 18.2 Å². The van der Waals surface area contributed by atoms with Gasteiger partial charge in [0.2, 0.25) is 0 Å². The summed E-state index contributed by atoms with van der Waals surface area (Å²) in [4.78, 5) is 29.7. The van der Waals surface area contributed by atoms with Crippen LogP contribution in [-0.2, 0) is 9.53 Å². The summed E-state index contributed by atoms with van der Waals surface area (Å²) in [7, 11) is -1.59. The molecule has 9 nitrogen and oxygen atoms in total. The van der Waals surface area contributed by atoms with E-state index in [9.17, 15) is 24.9 Å². The standard InChI is InChI=1S/C26H37BN4O5/c1-26(2,30-13-7-4-8-14-30)16-21(18-28)24(32)31-15-9-12-22(31)19-36-25(33)29-23(17-27(34)35)20-10-5-3-6-11-20/h3,5-6,10-11,16,22-23,34-35H,4,7-9,12-15,17,19H2,1-2H3,(H,29,33)/t22-,23-/m1/s1. The van der Waals surface area contributed by atoms with E-state index in [1.807, 2.05) is 19.9 Å². The number of carbonyl (C=O) groups is 2. The molecule has 0 aromatic heterocycles. The van der Waals surface area contributed by atoms with Crippen LogP contribution in [0.1, 0.15) is 57.6 Å². The van der Waals surface area contributed by atoms with Gasteiger partial charge in [-0.2, -0.15) is 5.26 Å². The van der Waals surface area contributed by atoms with E-state index in [1.165, 1.54) is 6.42 Å². The van der Waals surface area contributed by atoms with Gasteiger partial charge in [0, 0.05) is 18.4 Å². The molecule has 2 saturated heterocycles. The van der Waals surface area contributed by atoms with E-state index >= 15 is 0 Å². The largest absolute Gasteiger partial charge is 0.453 e. The zero-order valence-electron chi connectivity index (χ0n) is 21.2. The molecule has 0 radical (unpaired) electrons. The van der Waals surface area contributed by atoms with E-state index in [1.54, 1.807) is 35.2 Å². The minimum absolute atomic E-state index is 0.00497. The summed E-state index contributed by atoms with van der Waals surface area (Å²) < 4.78 is 5.43. The molecule has 3 N–H and O–H groups in total. The first-order chi connectivity index (χ1) is 17.2. The molecule has 0 aliphatic carbocycles. The maximum Gasteiger partial charge on any atom is 0.453 e. The topological polar surface area (TPSA) is 126 Å². The number of carbonyl (C=O) groups excluding carboxylic acids is 2. The molecular formula is C26H37BN4O5. The second kappa shape index (κ2) is 12.9. The van der Waals surface area contributed by atoms with Gasteiger partial charge in [-0.25, -0.2) is 4.79 Å². The quantitative estimate of drug-likeness (QED) is 0.273. The van der Waals surface area contributed by atoms with Gasteiger partial charge < -0.3 is 25.0 Å². The van der Waals surface area contributed by atoms with Crippen molar-refractivity contribution in [2.75, 3.05) is 26.2 Å². The number of rotatable bonds is 9. The smallest absolute Gasteiger partial charge is 0.447 e. The van der Waals surface area contributed by atoms with Crippen LogP contribution in [0.15, 0.2) is 42.0 Å². The zero-order chi connectivity index (χ0) is 26.1. The van der Waals surface area contributed by atoms with Crippen LogP contribution >= 0.6 is 0 Å². The molecule has 2 heterocycles. The second-order valence-electron chi connectivity index (χ2n) is 10.1. The third-order valence-electron chi connectivity index (χ3n) is 7.00. The van der Waals surface area contributed by atoms with Gasteiger partial charge in [0.15, 0.2) is 0 Å². The van der Waals surface area contributed by atoms with Crippen molar-refractivity contribution in [1.82, 2.24) is 15.1 Å². The number of nitrogens with one attached hydrogen (secondary N) is 1. The Morgan fingerprint density at radius 1 is 1.19 bits per heavy atom. The van der Waals surface area contributed by atoms with Crippen molar-refractivity contribution in [3.05, 3.63) is 47.5 Å². The van der Waals surface area contributed by atoms with Crippen molar-refractivity contribution in [3.63, 3.8) is 0 Å². The van der Waals surface area contributed by atoms with E-state index in [-0.39, 0.29) is 30.4 Å². The summed E-state index contributed by atoms with van der Waals surface area (Å²) in [5.74, 6) is -0.334. The van der Waals surface area contributed by atoms with Gasteiger partial charge in [0.05, 0.1) is 12.1 Å². The minimum Gasteiger partial charge on any atom is -0.447 e. The Kier molecular flexibility index (Phi) is 9.93. The average Bonchev–Trinajstić information content (AvgIpc) is 3.35. The Hall–Kier alpha value is -2.87. The molecule has 3 rings (SSSR count). The number of alkyl carbamates (subject to hydrolysis) is 1. The molecule has 2 atom stereocenters. The second-order valence-corrected chi connectivity index (χ2v) is 10.1. The number of likely N-dealkylation sites (tertiary alicyclic amines) is 2. The van der Waals surface area contributed by atoms with Gasteiger partial charge in [-0.05, 0) is 64.3 Å². The first-order valence-corrected chi connectivity index (χ1v) is 12.7. The van der Waals surface area contributed by atoms with Crippen molar-refractivity contribution in [2.45, 2.75) is 69.9 Å². The zero-order valence-corrected chi connectivity index (χ0v) is 21.2. The van der Waals surface area contributed by atoms with Gasteiger partial charge >= 0.3 is 13.2 Å². The fraction of sp³-hybridized carbons (Fsp3) is 0.577. The third kappa shape index (κ3) is 7.57. The molecule has 2 aliphatic rings. The summed E-state index contributed by atoms with van der Waals surface area (Å²) in [5, 5.41) is 31.3. The van der Waals surface area contributed by atoms with E-state index in [4.69, 9.17) is 4.74 Å². The molecule has 36 heavy (non-hydrogen) atoms. The lowest BCUT2D eigenvalue weighted by Gasteiger charge is -2.39. The number of hydrogen-bond acceptors (Lipinski definition) is 7. The maximum atomic E-state index is 13.3. The highest BCUT2D eigenvalue weighted by atomic mass is 16.5. The monoisotopic (exact) mass is 496 g/mol. The Labute approximate surface area is 213 Å². The predicted molar refractivity (Wildman–Crippen MR) is 137 cm³/mol. The summed E-state index contributed by atoms with van der Waals surface area (Å²) in [6, 6.07) is 10.1. The van der Waals surface area contributed by atoms with Crippen LogP contribution in [0.4, 0.5) is 4.79 Å². The Balaban J connectivity index is 1.61. The molecule has 0 bridgehead atoms. The van der Waals surface area contributed by atoms with Gasteiger partial charge in [-0.1, -0.05) is 36.8 Å². The molecule has 2 amide bonds. The van der Waals surface area contributed by atoms with Crippen molar-refractivity contribution in [3.8, 4) is 6.07 Å². The van der Waals surface area contributed by atoms with Gasteiger partial charge in [0.25, 0.3) is 5.91 Å². The molecule has 2 fully saturated rings. The van der Waals surface area contributed by atoms with E-state index in [0.717, 1.165) is 37.9 Å². The van der Waals surface area contributed by atoms with Crippen molar-refractivity contribution < 1.29 is 24.4 Å². The Morgan fingerprint density at radius 3 is 2.53 bits per heavy atom. The summed E-state index contributed by atoms with van der Waals surface area (Å²) in [6.07, 6.45) is 5.85. The highest BCUT2D eigenvalue weighted by molar-refractivity contribution is 6.41. The molecule has 0 unspecified atom stereocenters. The number of benzene rings is 1. The molecule has 194 valence electrons. The third-order valence-corrected chi connectivity index (χ3v) is 7.00. The van der Waals surface area contributed by atoms with Crippen LogP contribution in [0.3, 0.4) is 0 Å². The number of amides is 2. The lowest BCUT2D eigenvalue weighted by molar-refractivity contribution is -0.128. The molecule has 1 aromatic rings. The minimum atomic E-state index is -1.59. The Morgan fingerprint density at radius 2 is 1.89 bits per heavy atom. The summed E-state index contributed by atoms with van der Waals surface area (Å²) in [5.41, 5.74) is 0.430.